The van der Waals surface area contributed by atoms with Gasteiger partial charge in [-0.3, -0.25) is 0 Å². The van der Waals surface area contributed by atoms with Gasteiger partial charge in [-0.15, -0.1) is 0 Å². The van der Waals surface area contributed by atoms with Crippen molar-refractivity contribution in [1.82, 2.24) is 0 Å². The van der Waals surface area contributed by atoms with Crippen LogP contribution in [-0.2, 0) is 4.12 Å². The molecule has 0 aromatic rings. The van der Waals surface area contributed by atoms with Gasteiger partial charge in [-0.1, -0.05) is 0 Å². The molecule has 2 N–H and O–H groups in total. The number of rotatable bonds is 1. The zero-order valence-corrected chi connectivity index (χ0v) is 6.80. The molecular formula is CH8O3Si2. The first-order valence-corrected chi connectivity index (χ1v) is 4.68. The average molecular weight is 124 g/mol. The molecule has 0 atom stereocenters. The van der Waals surface area contributed by atoms with Crippen LogP contribution in [-0.4, -0.2) is 28.9 Å². The van der Waals surface area contributed by atoms with Crippen LogP contribution in [0.2, 0.25) is 6.55 Å². The summed E-state index contributed by atoms with van der Waals surface area (Å²) in [6.07, 6.45) is 0. The standard InChI is InChI=1S/CH8O3Si2/c1-6(2,3)4-5/h2-3H,1,5H3. The van der Waals surface area contributed by atoms with Crippen LogP contribution in [0.25, 0.3) is 0 Å². The van der Waals surface area contributed by atoms with Gasteiger partial charge in [-0.25, -0.2) is 0 Å². The summed E-state index contributed by atoms with van der Waals surface area (Å²) in [6, 6.07) is 0. The Morgan fingerprint density at radius 2 is 1.83 bits per heavy atom. The molecule has 3 nitrogen and oxygen atoms in total. The summed E-state index contributed by atoms with van der Waals surface area (Å²) in [5.41, 5.74) is 0. The first kappa shape index (κ1) is 6.31. The molecule has 0 rings (SSSR count). The molecule has 0 aliphatic carbocycles. The van der Waals surface area contributed by atoms with Crippen molar-refractivity contribution in [3.63, 3.8) is 0 Å². The van der Waals surface area contributed by atoms with E-state index in [1.54, 1.807) is 0 Å². The molecule has 0 saturated carbocycles. The quantitative estimate of drug-likeness (QED) is 0.391. The van der Waals surface area contributed by atoms with Gasteiger partial charge >= 0.3 is 8.80 Å². The molecule has 0 aliphatic heterocycles. The predicted molar refractivity (Wildman–Crippen MR) is 27.1 cm³/mol. The first-order chi connectivity index (χ1) is 2.56. The van der Waals surface area contributed by atoms with Gasteiger partial charge in [0.25, 0.3) is 0 Å². The van der Waals surface area contributed by atoms with Crippen LogP contribution in [0.1, 0.15) is 0 Å². The van der Waals surface area contributed by atoms with Crippen molar-refractivity contribution in [3.8, 4) is 0 Å². The van der Waals surface area contributed by atoms with Gasteiger partial charge in [0.05, 0.1) is 0 Å². The lowest BCUT2D eigenvalue weighted by molar-refractivity contribution is 0.260. The molecule has 38 valence electrons. The number of hydrogen-bond acceptors (Lipinski definition) is 3. The summed E-state index contributed by atoms with van der Waals surface area (Å²) >= 11 is 0. The average Bonchev–Trinajstić information content (AvgIpc) is 1.35. The Balaban J connectivity index is 3.17. The fourth-order valence-electron chi connectivity index (χ4n) is 0. The molecule has 0 heterocycles. The Bertz CT molecular complexity index is 38.5. The van der Waals surface area contributed by atoms with Crippen LogP contribution in [0.4, 0.5) is 0 Å². The third kappa shape index (κ3) is 4.31. The van der Waals surface area contributed by atoms with Gasteiger partial charge in [0.1, 0.15) is 10.5 Å². The molecule has 0 bridgehead atoms. The Labute approximate surface area is 40.5 Å². The lowest BCUT2D eigenvalue weighted by atomic mass is 11.9. The van der Waals surface area contributed by atoms with Crippen molar-refractivity contribution >= 4 is 19.3 Å². The van der Waals surface area contributed by atoms with E-state index in [0.29, 0.717) is 10.5 Å². The topological polar surface area (TPSA) is 49.7 Å². The smallest absolute Gasteiger partial charge is 0.425 e. The molecule has 6 heavy (non-hydrogen) atoms. The minimum absolute atomic E-state index is 0.410. The van der Waals surface area contributed by atoms with E-state index >= 15 is 0 Å². The van der Waals surface area contributed by atoms with Crippen LogP contribution >= 0.6 is 0 Å². The third-order valence-corrected chi connectivity index (χ3v) is 3.48. The molecule has 0 aromatic carbocycles. The minimum Gasteiger partial charge on any atom is -0.425 e. The van der Waals surface area contributed by atoms with E-state index in [4.69, 9.17) is 9.59 Å². The highest BCUT2D eigenvalue weighted by Gasteiger charge is 2.19. The Morgan fingerprint density at radius 1 is 1.67 bits per heavy atom. The second kappa shape index (κ2) is 1.85. The maximum absolute atomic E-state index is 8.33. The monoisotopic (exact) mass is 124 g/mol. The molecule has 0 spiro atoms. The summed E-state index contributed by atoms with van der Waals surface area (Å²) in [5, 5.41) is 0. The molecule has 0 unspecified atom stereocenters. The molecule has 0 saturated heterocycles. The lowest BCUT2D eigenvalue weighted by Gasteiger charge is -2.05. The molecule has 0 aliphatic rings. The van der Waals surface area contributed by atoms with Crippen LogP contribution in [0.3, 0.4) is 0 Å². The van der Waals surface area contributed by atoms with Crippen molar-refractivity contribution in [2.45, 2.75) is 6.55 Å². The van der Waals surface area contributed by atoms with Crippen molar-refractivity contribution in [2.75, 3.05) is 0 Å². The Kier molecular flexibility index (Phi) is 1.95. The molecule has 0 aromatic heterocycles. The molecule has 0 fully saturated rings. The highest BCUT2D eigenvalue weighted by Crippen LogP contribution is 1.85. The van der Waals surface area contributed by atoms with Crippen molar-refractivity contribution in [1.29, 1.82) is 0 Å². The second-order valence-electron chi connectivity index (χ2n) is 1.14. The second-order valence-corrected chi connectivity index (χ2v) is 4.64. The van der Waals surface area contributed by atoms with Crippen molar-refractivity contribution in [2.24, 2.45) is 0 Å². The number of hydrogen-bond donors (Lipinski definition) is 2. The Morgan fingerprint density at radius 3 is 1.83 bits per heavy atom. The van der Waals surface area contributed by atoms with Gasteiger partial charge < -0.3 is 13.7 Å². The zero-order chi connectivity index (χ0) is 5.21. The first-order valence-electron chi connectivity index (χ1n) is 1.56. The predicted octanol–water partition coefficient (Wildman–Crippen LogP) is -2.16. The summed E-state index contributed by atoms with van der Waals surface area (Å²) in [6.45, 7) is 1.31. The van der Waals surface area contributed by atoms with E-state index in [0.717, 1.165) is 0 Å². The maximum atomic E-state index is 8.33. The molecule has 0 amide bonds. The zero-order valence-electron chi connectivity index (χ0n) is 3.80. The van der Waals surface area contributed by atoms with Crippen LogP contribution in [0, 0.1) is 0 Å². The molecular weight excluding hydrogens is 116 g/mol. The van der Waals surface area contributed by atoms with Crippen molar-refractivity contribution in [3.05, 3.63) is 0 Å². The fourth-order valence-corrected chi connectivity index (χ4v) is 0. The minimum atomic E-state index is -3.07. The maximum Gasteiger partial charge on any atom is 0.481 e. The summed E-state index contributed by atoms with van der Waals surface area (Å²) in [7, 11) is -2.66. The van der Waals surface area contributed by atoms with E-state index in [1.165, 1.54) is 6.55 Å². The van der Waals surface area contributed by atoms with E-state index in [1.807, 2.05) is 0 Å². The summed E-state index contributed by atoms with van der Waals surface area (Å²) < 4.78 is 4.33. The van der Waals surface area contributed by atoms with Crippen LogP contribution in [0.5, 0.6) is 0 Å². The highest BCUT2D eigenvalue weighted by atomic mass is 28.4. The van der Waals surface area contributed by atoms with Gasteiger partial charge in [0, 0.05) is 6.55 Å². The SMILES string of the molecule is C[Si](O)(O)O[SiH3]. The van der Waals surface area contributed by atoms with Gasteiger partial charge in [-0.05, 0) is 0 Å². The fraction of sp³-hybridized carbons (Fsp3) is 1.00. The van der Waals surface area contributed by atoms with Crippen LogP contribution in [0.15, 0.2) is 0 Å². The third-order valence-electron chi connectivity index (χ3n) is 0.387. The van der Waals surface area contributed by atoms with E-state index in [-0.39, 0.29) is 0 Å². The van der Waals surface area contributed by atoms with E-state index < -0.39 is 8.80 Å². The molecule has 5 heteroatoms. The van der Waals surface area contributed by atoms with E-state index in [9.17, 15) is 0 Å². The normalized spacial score (nSPS) is 12.5. The van der Waals surface area contributed by atoms with Crippen LogP contribution < -0.4 is 0 Å². The van der Waals surface area contributed by atoms with Crippen molar-refractivity contribution < 1.29 is 13.7 Å². The Hall–Kier alpha value is 0.314. The summed E-state index contributed by atoms with van der Waals surface area (Å²) in [5.74, 6) is 0. The largest absolute Gasteiger partial charge is 0.481 e. The van der Waals surface area contributed by atoms with Gasteiger partial charge in [0.15, 0.2) is 0 Å². The summed E-state index contributed by atoms with van der Waals surface area (Å²) in [4.78, 5) is 16.7. The van der Waals surface area contributed by atoms with Gasteiger partial charge in [-0.2, -0.15) is 0 Å². The molecule has 0 radical (unpaired) electrons. The van der Waals surface area contributed by atoms with Gasteiger partial charge in [0.2, 0.25) is 0 Å². The lowest BCUT2D eigenvalue weighted by Crippen LogP contribution is -2.33. The van der Waals surface area contributed by atoms with E-state index in [2.05, 4.69) is 4.12 Å². The highest BCUT2D eigenvalue weighted by molar-refractivity contribution is 6.59.